The van der Waals surface area contributed by atoms with Crippen molar-refractivity contribution in [2.75, 3.05) is 0 Å². The second-order valence-electron chi connectivity index (χ2n) is 7.57. The summed E-state index contributed by atoms with van der Waals surface area (Å²) in [5.41, 5.74) is 1.09. The molecular formula is C26H22O5P2. The molecule has 33 heavy (non-hydrogen) atoms. The molecule has 1 heterocycles. The van der Waals surface area contributed by atoms with E-state index in [4.69, 9.17) is 13.4 Å². The predicted octanol–water partition coefficient (Wildman–Crippen LogP) is 6.38. The highest BCUT2D eigenvalue weighted by Crippen LogP contribution is 2.72. The lowest BCUT2D eigenvalue weighted by Crippen LogP contribution is -2.48. The van der Waals surface area contributed by atoms with Gasteiger partial charge in [0.05, 0.1) is 0 Å². The Bertz CT molecular complexity index is 1000. The molecule has 0 unspecified atom stereocenters. The second kappa shape index (κ2) is 9.42. The van der Waals surface area contributed by atoms with Gasteiger partial charge in [0.25, 0.3) is 0 Å². The van der Waals surface area contributed by atoms with Crippen LogP contribution in [0.15, 0.2) is 121 Å². The van der Waals surface area contributed by atoms with Crippen molar-refractivity contribution in [1.29, 1.82) is 0 Å². The van der Waals surface area contributed by atoms with Crippen LogP contribution in [0.3, 0.4) is 0 Å². The van der Waals surface area contributed by atoms with Crippen LogP contribution in [0.1, 0.15) is 22.3 Å². The van der Waals surface area contributed by atoms with Crippen molar-refractivity contribution in [3.63, 3.8) is 0 Å². The highest BCUT2D eigenvalue weighted by Gasteiger charge is 2.66. The van der Waals surface area contributed by atoms with Crippen LogP contribution in [0.5, 0.6) is 0 Å². The van der Waals surface area contributed by atoms with E-state index in [9.17, 15) is 9.79 Å². The molecule has 7 heteroatoms. The van der Waals surface area contributed by atoms with Gasteiger partial charge in [-0.2, -0.15) is 0 Å². The molecule has 0 atom stereocenters. The van der Waals surface area contributed by atoms with Gasteiger partial charge in [-0.3, -0.25) is 9.05 Å². The lowest BCUT2D eigenvalue weighted by atomic mass is 9.66. The van der Waals surface area contributed by atoms with E-state index in [1.807, 2.05) is 121 Å². The van der Waals surface area contributed by atoms with Crippen molar-refractivity contribution in [2.24, 2.45) is 0 Å². The first-order chi connectivity index (χ1) is 16.2. The molecule has 1 saturated heterocycles. The maximum Gasteiger partial charge on any atom is 0.342 e. The van der Waals surface area contributed by atoms with Crippen LogP contribution in [0, 0.1) is 0 Å². The van der Waals surface area contributed by atoms with Crippen molar-refractivity contribution in [3.8, 4) is 0 Å². The van der Waals surface area contributed by atoms with Crippen LogP contribution in [-0.2, 0) is 24.6 Å². The Morgan fingerprint density at radius 2 is 0.788 bits per heavy atom. The maximum atomic E-state index is 9.69. The number of hydrogen-bond acceptors (Lipinski definition) is 5. The fraction of sp³-hybridized carbons (Fsp3) is 0.0769. The van der Waals surface area contributed by atoms with E-state index in [1.54, 1.807) is 0 Å². The van der Waals surface area contributed by atoms with Crippen molar-refractivity contribution in [2.45, 2.75) is 11.2 Å². The number of rotatable bonds is 6. The molecular weight excluding hydrogens is 454 g/mol. The first-order valence-electron chi connectivity index (χ1n) is 10.4. The molecule has 0 amide bonds. The van der Waals surface area contributed by atoms with E-state index in [2.05, 4.69) is 0 Å². The summed E-state index contributed by atoms with van der Waals surface area (Å²) in [4.78, 5) is 19.4. The summed E-state index contributed by atoms with van der Waals surface area (Å²) in [6.45, 7) is 0. The maximum absolute atomic E-state index is 9.69. The minimum atomic E-state index is -2.69. The van der Waals surface area contributed by atoms with Gasteiger partial charge in [-0.1, -0.05) is 121 Å². The Morgan fingerprint density at radius 1 is 0.515 bits per heavy atom. The van der Waals surface area contributed by atoms with E-state index >= 15 is 0 Å². The summed E-state index contributed by atoms with van der Waals surface area (Å²) in [6.07, 6.45) is 0. The van der Waals surface area contributed by atoms with E-state index in [0.717, 1.165) is 22.3 Å². The highest BCUT2D eigenvalue weighted by atomic mass is 31.2. The largest absolute Gasteiger partial charge is 0.342 e. The Balaban J connectivity index is 1.90. The third kappa shape index (κ3) is 3.82. The van der Waals surface area contributed by atoms with Crippen LogP contribution in [0.2, 0.25) is 0 Å². The van der Waals surface area contributed by atoms with Gasteiger partial charge in [0, 0.05) is 0 Å². The third-order valence-electron chi connectivity index (χ3n) is 5.78. The predicted molar refractivity (Wildman–Crippen MR) is 129 cm³/mol. The molecule has 0 aliphatic carbocycles. The average Bonchev–Trinajstić information content (AvgIpc) is 3.22. The zero-order chi connectivity index (χ0) is 22.7. The monoisotopic (exact) mass is 476 g/mol. The fourth-order valence-corrected chi connectivity index (χ4v) is 6.42. The summed E-state index contributed by atoms with van der Waals surface area (Å²) < 4.78 is 18.8. The van der Waals surface area contributed by atoms with Crippen LogP contribution in [-0.4, -0.2) is 9.79 Å². The Labute approximate surface area is 195 Å². The van der Waals surface area contributed by atoms with Crippen LogP contribution >= 0.6 is 17.2 Å². The standard InChI is InChI=1S/C26H22O5P2/c27-32(28)31-33-29-25(21-13-5-1-6-14-21,22-15-7-2-8-16-22)26(30-33,23-17-9-3-10-18-23)24-19-11-4-12-20-24/h1-20,27-28H. The molecule has 2 N–H and O–H groups in total. The van der Waals surface area contributed by atoms with Crippen LogP contribution in [0.4, 0.5) is 0 Å². The molecule has 1 aliphatic heterocycles. The van der Waals surface area contributed by atoms with Crippen molar-refractivity contribution in [3.05, 3.63) is 144 Å². The van der Waals surface area contributed by atoms with Crippen molar-refractivity contribution in [1.82, 2.24) is 0 Å². The van der Waals surface area contributed by atoms with Crippen molar-refractivity contribution >= 4 is 17.2 Å². The smallest absolute Gasteiger partial charge is 0.328 e. The van der Waals surface area contributed by atoms with Crippen molar-refractivity contribution < 1.29 is 23.1 Å². The molecule has 1 fully saturated rings. The number of hydrogen-bond donors (Lipinski definition) is 2. The summed E-state index contributed by atoms with van der Waals surface area (Å²) in [5.74, 6) is 0. The Hall–Kier alpha value is -2.46. The van der Waals surface area contributed by atoms with E-state index in [-0.39, 0.29) is 0 Å². The molecule has 0 spiro atoms. The minimum absolute atomic E-state index is 0.859. The third-order valence-corrected chi connectivity index (χ3v) is 7.74. The second-order valence-corrected chi connectivity index (χ2v) is 9.54. The zero-order valence-corrected chi connectivity index (χ0v) is 19.3. The van der Waals surface area contributed by atoms with Gasteiger partial charge in [0.2, 0.25) is 0 Å². The van der Waals surface area contributed by atoms with Gasteiger partial charge in [0.1, 0.15) is 0 Å². The molecule has 166 valence electrons. The summed E-state index contributed by atoms with van der Waals surface area (Å²) in [5, 5.41) is 0. The van der Waals surface area contributed by atoms with Crippen LogP contribution < -0.4 is 0 Å². The summed E-state index contributed by atoms with van der Waals surface area (Å²) in [6, 6.07) is 39.4. The Morgan fingerprint density at radius 3 is 1.03 bits per heavy atom. The van der Waals surface area contributed by atoms with Gasteiger partial charge in [-0.25, -0.2) is 4.31 Å². The van der Waals surface area contributed by atoms with E-state index in [1.165, 1.54) is 0 Å². The van der Waals surface area contributed by atoms with Gasteiger partial charge < -0.3 is 9.79 Å². The lowest BCUT2D eigenvalue weighted by molar-refractivity contribution is 0.00370. The number of benzene rings is 4. The molecule has 5 nitrogen and oxygen atoms in total. The highest BCUT2D eigenvalue weighted by molar-refractivity contribution is 7.54. The summed E-state index contributed by atoms with van der Waals surface area (Å²) in [7, 11) is -4.82. The molecule has 0 bridgehead atoms. The first-order valence-corrected chi connectivity index (χ1v) is 12.7. The molecule has 4 aromatic rings. The summed E-state index contributed by atoms with van der Waals surface area (Å²) >= 11 is 0. The molecule has 0 saturated carbocycles. The van der Waals surface area contributed by atoms with Crippen LogP contribution in [0.25, 0.3) is 0 Å². The Kier molecular flexibility index (Phi) is 6.38. The quantitative estimate of drug-likeness (QED) is 0.316. The van der Waals surface area contributed by atoms with E-state index in [0.29, 0.717) is 0 Å². The zero-order valence-electron chi connectivity index (χ0n) is 17.6. The van der Waals surface area contributed by atoms with Gasteiger partial charge >= 0.3 is 17.2 Å². The molecule has 0 aromatic heterocycles. The topological polar surface area (TPSA) is 68.2 Å². The lowest BCUT2D eigenvalue weighted by Gasteiger charge is -2.43. The van der Waals surface area contributed by atoms with Gasteiger partial charge in [-0.05, 0) is 22.3 Å². The normalized spacial score (nSPS) is 17.3. The SMILES string of the molecule is OP(O)OP1OC(c2ccccc2)(c2ccccc2)C(c2ccccc2)(c2ccccc2)O1. The van der Waals surface area contributed by atoms with Gasteiger partial charge in [-0.15, -0.1) is 0 Å². The molecule has 1 aliphatic rings. The fourth-order valence-electron chi connectivity index (χ4n) is 4.51. The molecule has 5 rings (SSSR count). The average molecular weight is 476 g/mol. The molecule has 0 radical (unpaired) electrons. The first kappa shape index (κ1) is 22.3. The van der Waals surface area contributed by atoms with Gasteiger partial charge in [0.15, 0.2) is 11.2 Å². The minimum Gasteiger partial charge on any atom is -0.328 e. The molecule has 4 aromatic carbocycles. The van der Waals surface area contributed by atoms with E-state index < -0.39 is 28.4 Å².